The van der Waals surface area contributed by atoms with E-state index in [1.807, 2.05) is 19.1 Å². The quantitative estimate of drug-likeness (QED) is 0.571. The molecule has 0 amide bonds. The van der Waals surface area contributed by atoms with Crippen molar-refractivity contribution in [3.8, 4) is 0 Å². The van der Waals surface area contributed by atoms with Crippen LogP contribution in [0.3, 0.4) is 0 Å². The van der Waals surface area contributed by atoms with Gasteiger partial charge in [0.1, 0.15) is 5.83 Å². The van der Waals surface area contributed by atoms with Crippen molar-refractivity contribution in [2.24, 2.45) is 5.92 Å². The third-order valence-electron chi connectivity index (χ3n) is 2.72. The maximum absolute atomic E-state index is 12.8. The zero-order valence-electron chi connectivity index (χ0n) is 9.38. The largest absolute Gasteiger partial charge is 0.212 e. The molecule has 0 N–H and O–H groups in total. The van der Waals surface area contributed by atoms with Gasteiger partial charge in [-0.2, -0.15) is 0 Å². The molecule has 0 spiro atoms. The second-order valence-corrected chi connectivity index (χ2v) is 3.94. The van der Waals surface area contributed by atoms with Crippen LogP contribution in [-0.4, -0.2) is 0 Å². The molecule has 0 aliphatic heterocycles. The summed E-state index contributed by atoms with van der Waals surface area (Å²) in [6.45, 7) is 5.87. The first-order valence-electron chi connectivity index (χ1n) is 5.54. The van der Waals surface area contributed by atoms with E-state index in [2.05, 4.69) is 18.7 Å². The van der Waals surface area contributed by atoms with E-state index < -0.39 is 0 Å². The van der Waals surface area contributed by atoms with Crippen molar-refractivity contribution in [3.63, 3.8) is 0 Å². The SMILES string of the molecule is C=CC(C/C=C/C)CC1=CC=C(F)CC1. The van der Waals surface area contributed by atoms with Gasteiger partial charge >= 0.3 is 0 Å². The van der Waals surface area contributed by atoms with E-state index in [9.17, 15) is 4.39 Å². The molecule has 15 heavy (non-hydrogen) atoms. The van der Waals surface area contributed by atoms with E-state index in [0.29, 0.717) is 12.3 Å². The molecule has 0 nitrogen and oxygen atoms in total. The van der Waals surface area contributed by atoms with Gasteiger partial charge in [0.2, 0.25) is 0 Å². The summed E-state index contributed by atoms with van der Waals surface area (Å²) >= 11 is 0. The molecular weight excluding hydrogens is 187 g/mol. The predicted octanol–water partition coefficient (Wildman–Crippen LogP) is 4.72. The fraction of sp³-hybridized carbons (Fsp3) is 0.429. The molecule has 1 rings (SSSR count). The molecule has 0 bridgehead atoms. The molecule has 0 aromatic carbocycles. The number of hydrogen-bond acceptors (Lipinski definition) is 0. The van der Waals surface area contributed by atoms with Crippen molar-refractivity contribution in [2.75, 3.05) is 0 Å². The van der Waals surface area contributed by atoms with Gasteiger partial charge in [-0.3, -0.25) is 0 Å². The van der Waals surface area contributed by atoms with Gasteiger partial charge in [0.15, 0.2) is 0 Å². The monoisotopic (exact) mass is 206 g/mol. The standard InChI is InChI=1S/C14H19F/c1-3-5-6-12(4-2)11-13-7-9-14(15)10-8-13/h3-5,7,9,12H,2,6,8,10-11H2,1H3/b5-3+. The second kappa shape index (κ2) is 6.39. The lowest BCUT2D eigenvalue weighted by Gasteiger charge is -2.15. The van der Waals surface area contributed by atoms with E-state index in [-0.39, 0.29) is 5.83 Å². The Balaban J connectivity index is 2.48. The molecule has 1 aliphatic carbocycles. The summed E-state index contributed by atoms with van der Waals surface area (Å²) in [5, 5.41) is 0. The van der Waals surface area contributed by atoms with Gasteiger partial charge in [0, 0.05) is 6.42 Å². The van der Waals surface area contributed by atoms with Crippen molar-refractivity contribution in [2.45, 2.75) is 32.6 Å². The lowest BCUT2D eigenvalue weighted by atomic mass is 9.91. The van der Waals surface area contributed by atoms with E-state index in [1.54, 1.807) is 6.08 Å². The Morgan fingerprint density at radius 3 is 2.80 bits per heavy atom. The molecule has 0 saturated carbocycles. The third kappa shape index (κ3) is 4.28. The summed E-state index contributed by atoms with van der Waals surface area (Å²) in [4.78, 5) is 0. The maximum atomic E-state index is 12.8. The number of halogens is 1. The van der Waals surface area contributed by atoms with Crippen molar-refractivity contribution >= 4 is 0 Å². The van der Waals surface area contributed by atoms with Gasteiger partial charge in [0.05, 0.1) is 0 Å². The summed E-state index contributed by atoms with van der Waals surface area (Å²) in [5.41, 5.74) is 1.34. The lowest BCUT2D eigenvalue weighted by molar-refractivity contribution is 0.563. The van der Waals surface area contributed by atoms with Crippen LogP contribution in [0.2, 0.25) is 0 Å². The topological polar surface area (TPSA) is 0 Å². The molecule has 1 unspecified atom stereocenters. The van der Waals surface area contributed by atoms with Crippen molar-refractivity contribution in [3.05, 3.63) is 48.4 Å². The summed E-state index contributed by atoms with van der Waals surface area (Å²) in [6, 6.07) is 0. The normalized spacial score (nSPS) is 18.5. The fourth-order valence-corrected chi connectivity index (χ4v) is 1.74. The highest BCUT2D eigenvalue weighted by molar-refractivity contribution is 5.21. The molecule has 1 atom stereocenters. The van der Waals surface area contributed by atoms with Crippen LogP contribution in [0, 0.1) is 5.92 Å². The van der Waals surface area contributed by atoms with Crippen LogP contribution in [0.4, 0.5) is 4.39 Å². The van der Waals surface area contributed by atoms with Crippen LogP contribution in [0.1, 0.15) is 32.6 Å². The Labute approximate surface area is 91.9 Å². The minimum Gasteiger partial charge on any atom is -0.212 e. The van der Waals surface area contributed by atoms with Gasteiger partial charge in [-0.05, 0) is 38.2 Å². The van der Waals surface area contributed by atoms with Crippen LogP contribution >= 0.6 is 0 Å². The maximum Gasteiger partial charge on any atom is 0.100 e. The third-order valence-corrected chi connectivity index (χ3v) is 2.72. The summed E-state index contributed by atoms with van der Waals surface area (Å²) < 4.78 is 12.8. The highest BCUT2D eigenvalue weighted by Crippen LogP contribution is 2.26. The molecule has 0 aromatic rings. The smallest absolute Gasteiger partial charge is 0.100 e. The average molecular weight is 206 g/mol. The number of hydrogen-bond donors (Lipinski definition) is 0. The van der Waals surface area contributed by atoms with Crippen LogP contribution in [-0.2, 0) is 0 Å². The van der Waals surface area contributed by atoms with Crippen LogP contribution in [0.5, 0.6) is 0 Å². The van der Waals surface area contributed by atoms with E-state index in [0.717, 1.165) is 19.3 Å². The van der Waals surface area contributed by atoms with Crippen molar-refractivity contribution in [1.82, 2.24) is 0 Å². The molecule has 0 saturated heterocycles. The summed E-state index contributed by atoms with van der Waals surface area (Å²) in [6.07, 6.45) is 13.2. The van der Waals surface area contributed by atoms with Crippen LogP contribution in [0.25, 0.3) is 0 Å². The first kappa shape index (κ1) is 12.0. The minimum absolute atomic E-state index is 0.00218. The van der Waals surface area contributed by atoms with Crippen LogP contribution in [0.15, 0.2) is 48.4 Å². The first-order chi connectivity index (χ1) is 7.26. The average Bonchev–Trinajstić information content (AvgIpc) is 2.27. The second-order valence-electron chi connectivity index (χ2n) is 3.94. The van der Waals surface area contributed by atoms with Gasteiger partial charge in [-0.25, -0.2) is 4.39 Å². The van der Waals surface area contributed by atoms with Gasteiger partial charge in [-0.1, -0.05) is 29.9 Å². The minimum atomic E-state index is 0.00218. The summed E-state index contributed by atoms with van der Waals surface area (Å²) in [7, 11) is 0. The Morgan fingerprint density at radius 2 is 2.27 bits per heavy atom. The lowest BCUT2D eigenvalue weighted by Crippen LogP contribution is -1.99. The van der Waals surface area contributed by atoms with Crippen molar-refractivity contribution < 1.29 is 4.39 Å². The molecular formula is C14H19F. The molecule has 1 heteroatoms. The highest BCUT2D eigenvalue weighted by Gasteiger charge is 2.09. The zero-order valence-corrected chi connectivity index (χ0v) is 9.38. The van der Waals surface area contributed by atoms with Crippen molar-refractivity contribution in [1.29, 1.82) is 0 Å². The number of allylic oxidation sites excluding steroid dienone is 7. The molecule has 82 valence electrons. The Morgan fingerprint density at radius 1 is 1.47 bits per heavy atom. The summed E-state index contributed by atoms with van der Waals surface area (Å²) in [5.74, 6) is 0.490. The molecule has 0 heterocycles. The predicted molar refractivity (Wildman–Crippen MR) is 64.2 cm³/mol. The van der Waals surface area contributed by atoms with Crippen LogP contribution < -0.4 is 0 Å². The van der Waals surface area contributed by atoms with Gasteiger partial charge < -0.3 is 0 Å². The Hall–Kier alpha value is -1.11. The molecule has 0 radical (unpaired) electrons. The number of rotatable bonds is 5. The van der Waals surface area contributed by atoms with Gasteiger partial charge in [-0.15, -0.1) is 6.58 Å². The van der Waals surface area contributed by atoms with E-state index >= 15 is 0 Å². The molecule has 1 aliphatic rings. The van der Waals surface area contributed by atoms with E-state index in [4.69, 9.17) is 0 Å². The Kier molecular flexibility index (Phi) is 5.09. The van der Waals surface area contributed by atoms with E-state index in [1.165, 1.54) is 5.57 Å². The molecule has 0 aromatic heterocycles. The van der Waals surface area contributed by atoms with Gasteiger partial charge in [0.25, 0.3) is 0 Å². The highest BCUT2D eigenvalue weighted by atomic mass is 19.1. The first-order valence-corrected chi connectivity index (χ1v) is 5.54. The fourth-order valence-electron chi connectivity index (χ4n) is 1.74. The molecule has 0 fully saturated rings. The Bertz CT molecular complexity index is 294. The zero-order chi connectivity index (χ0) is 11.1.